The molecule has 0 heterocycles. The summed E-state index contributed by atoms with van der Waals surface area (Å²) in [4.78, 5) is 0. The molecule has 1 unspecified atom stereocenters. The Morgan fingerprint density at radius 3 is 1.90 bits per heavy atom. The topological polar surface area (TPSA) is 32.3 Å². The number of β-amino-alcohol motifs (C(OH)–C–C–N with tert-alkyl or cyclic N) is 1. The van der Waals surface area contributed by atoms with E-state index in [0.717, 1.165) is 11.1 Å². The molecule has 2 aromatic rings. The molecule has 2 nitrogen and oxygen atoms in total. The minimum absolute atomic E-state index is 0.0283. The summed E-state index contributed by atoms with van der Waals surface area (Å²) < 4.78 is 0. The van der Waals surface area contributed by atoms with Crippen molar-refractivity contribution in [2.24, 2.45) is 0 Å². The molecule has 0 aliphatic rings. The van der Waals surface area contributed by atoms with Crippen LogP contribution in [0.15, 0.2) is 60.7 Å². The minimum Gasteiger partial charge on any atom is -0.383 e. The molecule has 0 amide bonds. The lowest BCUT2D eigenvalue weighted by atomic mass is 9.86. The van der Waals surface area contributed by atoms with E-state index in [4.69, 9.17) is 0 Å². The van der Waals surface area contributed by atoms with Gasteiger partial charge in [-0.15, -0.1) is 0 Å². The van der Waals surface area contributed by atoms with Gasteiger partial charge in [0, 0.05) is 18.5 Å². The highest BCUT2D eigenvalue weighted by Gasteiger charge is 2.30. The van der Waals surface area contributed by atoms with E-state index in [-0.39, 0.29) is 5.54 Å². The molecule has 0 fully saturated rings. The second kappa shape index (κ2) is 6.42. The summed E-state index contributed by atoms with van der Waals surface area (Å²) in [6.45, 7) is 6.86. The predicted molar refractivity (Wildman–Crippen MR) is 88.2 cm³/mol. The van der Waals surface area contributed by atoms with Gasteiger partial charge >= 0.3 is 0 Å². The van der Waals surface area contributed by atoms with Crippen molar-refractivity contribution in [3.63, 3.8) is 0 Å². The summed E-state index contributed by atoms with van der Waals surface area (Å²) in [6.07, 6.45) is 0.598. The molecule has 0 saturated heterocycles. The Hall–Kier alpha value is -1.64. The van der Waals surface area contributed by atoms with Crippen LogP contribution in [0.25, 0.3) is 0 Å². The van der Waals surface area contributed by atoms with Gasteiger partial charge in [-0.2, -0.15) is 0 Å². The predicted octanol–water partition coefficient (Wildman–Crippen LogP) is 3.51. The number of aliphatic hydroxyl groups is 1. The fraction of sp³-hybridized carbons (Fsp3) is 0.368. The zero-order valence-corrected chi connectivity index (χ0v) is 13.1. The highest BCUT2D eigenvalue weighted by Crippen LogP contribution is 2.26. The van der Waals surface area contributed by atoms with Crippen molar-refractivity contribution in [1.29, 1.82) is 0 Å². The second-order valence-electron chi connectivity index (χ2n) is 6.66. The van der Waals surface area contributed by atoms with Crippen LogP contribution >= 0.6 is 0 Å². The number of benzene rings is 2. The molecule has 2 rings (SSSR count). The average Bonchev–Trinajstić information content (AvgIpc) is 2.47. The molecule has 0 aliphatic heterocycles. The van der Waals surface area contributed by atoms with Gasteiger partial charge in [0.25, 0.3) is 0 Å². The Bertz CT molecular complexity index is 545. The SMILES string of the molecule is CC(C)(C)NCC(O)(Cc1ccccc1)c1ccccc1. The number of rotatable bonds is 5. The second-order valence-corrected chi connectivity index (χ2v) is 6.66. The van der Waals surface area contributed by atoms with Crippen LogP contribution in [0.4, 0.5) is 0 Å². The molecule has 21 heavy (non-hydrogen) atoms. The first-order chi connectivity index (χ1) is 9.89. The highest BCUT2D eigenvalue weighted by molar-refractivity contribution is 5.27. The lowest BCUT2D eigenvalue weighted by Gasteiger charge is -2.33. The summed E-state index contributed by atoms with van der Waals surface area (Å²) in [5.41, 5.74) is 1.15. The Labute approximate surface area is 127 Å². The van der Waals surface area contributed by atoms with E-state index < -0.39 is 5.60 Å². The Balaban J connectivity index is 2.25. The van der Waals surface area contributed by atoms with Crippen molar-refractivity contribution in [3.8, 4) is 0 Å². The van der Waals surface area contributed by atoms with Gasteiger partial charge in [0.05, 0.1) is 0 Å². The first-order valence-electron chi connectivity index (χ1n) is 7.46. The Morgan fingerprint density at radius 2 is 1.38 bits per heavy atom. The van der Waals surface area contributed by atoms with E-state index >= 15 is 0 Å². The van der Waals surface area contributed by atoms with Crippen LogP contribution in [0.5, 0.6) is 0 Å². The van der Waals surface area contributed by atoms with Crippen LogP contribution in [0.2, 0.25) is 0 Å². The smallest absolute Gasteiger partial charge is 0.106 e. The Kier molecular flexibility index (Phi) is 4.81. The van der Waals surface area contributed by atoms with Crippen molar-refractivity contribution in [2.45, 2.75) is 38.3 Å². The average molecular weight is 283 g/mol. The molecule has 2 aromatic carbocycles. The lowest BCUT2D eigenvalue weighted by Crippen LogP contribution is -2.47. The molecule has 0 radical (unpaired) electrons. The van der Waals surface area contributed by atoms with Crippen molar-refractivity contribution >= 4 is 0 Å². The number of hydrogen-bond acceptors (Lipinski definition) is 2. The van der Waals surface area contributed by atoms with E-state index in [1.165, 1.54) is 0 Å². The standard InChI is InChI=1S/C19H25NO/c1-18(2,3)20-15-19(21,17-12-8-5-9-13-17)14-16-10-6-4-7-11-16/h4-13,20-21H,14-15H2,1-3H3. The maximum atomic E-state index is 11.2. The first kappa shape index (κ1) is 15.7. The highest BCUT2D eigenvalue weighted by atomic mass is 16.3. The summed E-state index contributed by atoms with van der Waals surface area (Å²) in [5, 5.41) is 14.7. The van der Waals surface area contributed by atoms with Crippen LogP contribution < -0.4 is 5.32 Å². The zero-order chi connectivity index (χ0) is 15.3. The summed E-state index contributed by atoms with van der Waals surface area (Å²) in [5.74, 6) is 0. The first-order valence-corrected chi connectivity index (χ1v) is 7.46. The third-order valence-electron chi connectivity index (χ3n) is 3.56. The summed E-state index contributed by atoms with van der Waals surface area (Å²) in [7, 11) is 0. The number of hydrogen-bond donors (Lipinski definition) is 2. The van der Waals surface area contributed by atoms with Crippen molar-refractivity contribution in [1.82, 2.24) is 5.32 Å². The number of nitrogens with one attached hydrogen (secondary N) is 1. The van der Waals surface area contributed by atoms with E-state index in [0.29, 0.717) is 13.0 Å². The maximum Gasteiger partial charge on any atom is 0.106 e. The van der Waals surface area contributed by atoms with E-state index in [9.17, 15) is 5.11 Å². The van der Waals surface area contributed by atoms with Gasteiger partial charge in [-0.1, -0.05) is 60.7 Å². The van der Waals surface area contributed by atoms with Crippen LogP contribution in [0.1, 0.15) is 31.9 Å². The largest absolute Gasteiger partial charge is 0.383 e. The molecule has 0 spiro atoms. The minimum atomic E-state index is -0.907. The lowest BCUT2D eigenvalue weighted by molar-refractivity contribution is 0.0308. The van der Waals surface area contributed by atoms with E-state index in [1.807, 2.05) is 48.5 Å². The van der Waals surface area contributed by atoms with Crippen LogP contribution in [0, 0.1) is 0 Å². The van der Waals surface area contributed by atoms with Crippen LogP contribution in [0.3, 0.4) is 0 Å². The molecule has 112 valence electrons. The molecule has 0 saturated carbocycles. The van der Waals surface area contributed by atoms with Gasteiger partial charge in [-0.05, 0) is 31.9 Å². The molecule has 0 aromatic heterocycles. The van der Waals surface area contributed by atoms with Crippen molar-refractivity contribution < 1.29 is 5.11 Å². The molecule has 1 atom stereocenters. The molecule has 2 N–H and O–H groups in total. The quantitative estimate of drug-likeness (QED) is 0.880. The third kappa shape index (κ3) is 4.69. The zero-order valence-electron chi connectivity index (χ0n) is 13.1. The summed E-state index contributed by atoms with van der Waals surface area (Å²) in [6, 6.07) is 20.1. The van der Waals surface area contributed by atoms with E-state index in [2.05, 4.69) is 38.2 Å². The molecular weight excluding hydrogens is 258 g/mol. The monoisotopic (exact) mass is 283 g/mol. The van der Waals surface area contributed by atoms with Crippen LogP contribution in [-0.4, -0.2) is 17.2 Å². The van der Waals surface area contributed by atoms with Gasteiger partial charge < -0.3 is 10.4 Å². The maximum absolute atomic E-state index is 11.2. The molecule has 0 aliphatic carbocycles. The van der Waals surface area contributed by atoms with Gasteiger partial charge in [0.2, 0.25) is 0 Å². The van der Waals surface area contributed by atoms with Crippen molar-refractivity contribution in [2.75, 3.05) is 6.54 Å². The van der Waals surface area contributed by atoms with Crippen LogP contribution in [-0.2, 0) is 12.0 Å². The molecule has 0 bridgehead atoms. The molecular formula is C19H25NO. The van der Waals surface area contributed by atoms with Gasteiger partial charge in [-0.25, -0.2) is 0 Å². The third-order valence-corrected chi connectivity index (χ3v) is 3.56. The molecule has 2 heteroatoms. The van der Waals surface area contributed by atoms with E-state index in [1.54, 1.807) is 0 Å². The summed E-state index contributed by atoms with van der Waals surface area (Å²) >= 11 is 0. The fourth-order valence-electron chi connectivity index (χ4n) is 2.36. The Morgan fingerprint density at radius 1 is 0.857 bits per heavy atom. The fourth-order valence-corrected chi connectivity index (χ4v) is 2.36. The van der Waals surface area contributed by atoms with Gasteiger partial charge in [0.15, 0.2) is 0 Å². The van der Waals surface area contributed by atoms with Crippen molar-refractivity contribution in [3.05, 3.63) is 71.8 Å². The normalized spacial score (nSPS) is 14.7. The van der Waals surface area contributed by atoms with Gasteiger partial charge in [0.1, 0.15) is 5.60 Å². The van der Waals surface area contributed by atoms with Gasteiger partial charge in [-0.3, -0.25) is 0 Å².